The Bertz CT molecular complexity index is 1250. The maximum absolute atomic E-state index is 12.7. The fraction of sp³-hybridized carbons (Fsp3) is 0.720. The lowest BCUT2D eigenvalue weighted by atomic mass is 10.1. The van der Waals surface area contributed by atoms with Gasteiger partial charge in [-0.1, -0.05) is 157 Å². The lowest BCUT2D eigenvalue weighted by Gasteiger charge is -2.28. The molecule has 9 nitrogen and oxygen atoms in total. The Morgan fingerprint density at radius 2 is 0.933 bits per heavy atom. The molecule has 0 radical (unpaired) electrons. The molecular formula is C50H88NO8P. The molecular weight excluding hydrogens is 774 g/mol. The van der Waals surface area contributed by atoms with Crippen LogP contribution in [-0.2, 0) is 32.7 Å². The van der Waals surface area contributed by atoms with Gasteiger partial charge in [-0.05, 0) is 83.5 Å². The number of esters is 2. The van der Waals surface area contributed by atoms with E-state index in [4.69, 9.17) is 18.5 Å². The number of quaternary nitrogens is 1. The van der Waals surface area contributed by atoms with E-state index in [1.54, 1.807) is 0 Å². The number of hydrogen-bond donors (Lipinski definition) is 0. The van der Waals surface area contributed by atoms with Crippen LogP contribution in [0.15, 0.2) is 72.9 Å². The van der Waals surface area contributed by atoms with Crippen molar-refractivity contribution in [2.75, 3.05) is 47.5 Å². The van der Waals surface area contributed by atoms with Gasteiger partial charge in [0.1, 0.15) is 19.8 Å². The number of allylic oxidation sites excluding steroid dienone is 12. The highest BCUT2D eigenvalue weighted by Gasteiger charge is 2.21. The van der Waals surface area contributed by atoms with Gasteiger partial charge in [0.25, 0.3) is 7.82 Å². The molecule has 0 spiro atoms. The van der Waals surface area contributed by atoms with Gasteiger partial charge in [-0.3, -0.25) is 14.2 Å². The van der Waals surface area contributed by atoms with E-state index in [0.29, 0.717) is 23.9 Å². The standard InChI is InChI=1S/C50H88NO8P/c1-6-8-10-12-14-16-18-20-22-24-25-27-29-31-33-35-37-39-41-43-50(53)59-48(47-58-60(54,55)57-45-44-51(3,4)5)46-56-49(52)42-40-38-36-34-32-30-28-26-23-21-19-17-15-13-11-9-7-2/h11,13-14,16-17,19-20,22-23,26,30,32,48H,6-10,12,15,18,21,24-25,27-29,31,33-47H2,1-5H3/b13-11+,16-14+,19-17+,22-20+,26-23+,32-30+/t48-/m1/s1. The summed E-state index contributed by atoms with van der Waals surface area (Å²) in [6.07, 6.45) is 52.1. The van der Waals surface area contributed by atoms with Gasteiger partial charge in [0.2, 0.25) is 0 Å². The van der Waals surface area contributed by atoms with Crippen LogP contribution in [-0.4, -0.2) is 70.0 Å². The Morgan fingerprint density at radius 3 is 1.42 bits per heavy atom. The second kappa shape index (κ2) is 41.8. The Balaban J connectivity index is 4.38. The summed E-state index contributed by atoms with van der Waals surface area (Å²) in [4.78, 5) is 37.6. The molecule has 0 amide bonds. The van der Waals surface area contributed by atoms with Crippen molar-refractivity contribution < 1.29 is 42.1 Å². The fourth-order valence-corrected chi connectivity index (χ4v) is 6.70. The molecule has 0 heterocycles. The molecule has 0 aliphatic heterocycles. The van der Waals surface area contributed by atoms with Gasteiger partial charge in [-0.2, -0.15) is 0 Å². The maximum Gasteiger partial charge on any atom is 0.306 e. The molecule has 0 aromatic carbocycles. The van der Waals surface area contributed by atoms with Gasteiger partial charge in [0, 0.05) is 12.8 Å². The fourth-order valence-electron chi connectivity index (χ4n) is 5.97. The number of unbranched alkanes of at least 4 members (excludes halogenated alkanes) is 16. The molecule has 10 heteroatoms. The Labute approximate surface area is 368 Å². The minimum absolute atomic E-state index is 0.0405. The first-order valence-corrected chi connectivity index (χ1v) is 25.1. The van der Waals surface area contributed by atoms with Crippen molar-refractivity contribution in [3.8, 4) is 0 Å². The topological polar surface area (TPSA) is 111 Å². The van der Waals surface area contributed by atoms with Gasteiger partial charge >= 0.3 is 11.9 Å². The Morgan fingerprint density at radius 1 is 0.517 bits per heavy atom. The number of rotatable bonds is 42. The molecule has 0 aliphatic carbocycles. The molecule has 0 aromatic heterocycles. The predicted octanol–water partition coefficient (Wildman–Crippen LogP) is 13.2. The van der Waals surface area contributed by atoms with Crippen LogP contribution in [0.1, 0.15) is 181 Å². The number of ether oxygens (including phenoxy) is 2. The summed E-state index contributed by atoms with van der Waals surface area (Å²) in [5.41, 5.74) is 0. The van der Waals surface area contributed by atoms with Crippen molar-refractivity contribution in [1.82, 2.24) is 0 Å². The quantitative estimate of drug-likeness (QED) is 0.0196. The van der Waals surface area contributed by atoms with Crippen molar-refractivity contribution in [2.24, 2.45) is 0 Å². The molecule has 2 atom stereocenters. The Hall–Kier alpha value is -2.55. The van der Waals surface area contributed by atoms with E-state index in [9.17, 15) is 19.0 Å². The van der Waals surface area contributed by atoms with Crippen molar-refractivity contribution in [3.05, 3.63) is 72.9 Å². The third kappa shape index (κ3) is 45.0. The molecule has 0 fully saturated rings. The van der Waals surface area contributed by atoms with Crippen LogP contribution in [0.3, 0.4) is 0 Å². The monoisotopic (exact) mass is 862 g/mol. The second-order valence-corrected chi connectivity index (χ2v) is 18.2. The molecule has 0 saturated heterocycles. The lowest BCUT2D eigenvalue weighted by molar-refractivity contribution is -0.870. The van der Waals surface area contributed by atoms with Crippen LogP contribution in [0.2, 0.25) is 0 Å². The SMILES string of the molecule is CCC/C=C/C/C=C/C/C=C/C/C=C/CCCCCC(=O)OC[C@H](COP(=O)([O-])OCC[N+](C)(C)C)OC(=O)CCCCCCCCCCC/C=C/C/C=C/CCCCC. The normalized spacial score (nSPS) is 14.2. The summed E-state index contributed by atoms with van der Waals surface area (Å²) in [5.74, 6) is -0.879. The van der Waals surface area contributed by atoms with Crippen LogP contribution >= 0.6 is 7.82 Å². The van der Waals surface area contributed by atoms with Crippen molar-refractivity contribution in [2.45, 2.75) is 187 Å². The molecule has 346 valence electrons. The van der Waals surface area contributed by atoms with Gasteiger partial charge in [-0.25, -0.2) is 0 Å². The third-order valence-electron chi connectivity index (χ3n) is 9.68. The van der Waals surface area contributed by atoms with E-state index >= 15 is 0 Å². The number of carbonyl (C=O) groups excluding carboxylic acids is 2. The highest BCUT2D eigenvalue weighted by atomic mass is 31.2. The van der Waals surface area contributed by atoms with Crippen LogP contribution in [0.5, 0.6) is 0 Å². The summed E-state index contributed by atoms with van der Waals surface area (Å²) >= 11 is 0. The van der Waals surface area contributed by atoms with Gasteiger partial charge in [-0.15, -0.1) is 0 Å². The zero-order valence-electron chi connectivity index (χ0n) is 38.9. The maximum atomic E-state index is 12.7. The summed E-state index contributed by atoms with van der Waals surface area (Å²) in [7, 11) is 1.13. The number of hydrogen-bond acceptors (Lipinski definition) is 8. The number of nitrogens with zero attached hydrogens (tertiary/aromatic N) is 1. The molecule has 1 unspecified atom stereocenters. The van der Waals surface area contributed by atoms with E-state index in [-0.39, 0.29) is 26.1 Å². The zero-order valence-corrected chi connectivity index (χ0v) is 39.8. The van der Waals surface area contributed by atoms with Crippen LogP contribution in [0, 0.1) is 0 Å². The summed E-state index contributed by atoms with van der Waals surface area (Å²) < 4.78 is 33.9. The summed E-state index contributed by atoms with van der Waals surface area (Å²) in [5, 5.41) is 0. The van der Waals surface area contributed by atoms with Crippen LogP contribution in [0.25, 0.3) is 0 Å². The minimum atomic E-state index is -4.64. The summed E-state index contributed by atoms with van der Waals surface area (Å²) in [6.45, 7) is 4.09. The first-order chi connectivity index (χ1) is 29.0. The number of carbonyl (C=O) groups is 2. The van der Waals surface area contributed by atoms with Crippen molar-refractivity contribution in [3.63, 3.8) is 0 Å². The van der Waals surface area contributed by atoms with Crippen LogP contribution < -0.4 is 4.89 Å². The highest BCUT2D eigenvalue weighted by molar-refractivity contribution is 7.45. The first kappa shape index (κ1) is 57.4. The molecule has 0 rings (SSSR count). The minimum Gasteiger partial charge on any atom is -0.756 e. The van der Waals surface area contributed by atoms with E-state index in [1.165, 1.54) is 64.2 Å². The smallest absolute Gasteiger partial charge is 0.306 e. The average Bonchev–Trinajstić information content (AvgIpc) is 3.20. The van der Waals surface area contributed by atoms with Gasteiger partial charge in [0.05, 0.1) is 27.7 Å². The highest BCUT2D eigenvalue weighted by Crippen LogP contribution is 2.38. The first-order valence-electron chi connectivity index (χ1n) is 23.6. The van der Waals surface area contributed by atoms with Crippen LogP contribution in [0.4, 0.5) is 0 Å². The number of likely N-dealkylation sites (N-methyl/N-ethyl adjacent to an activating group) is 1. The van der Waals surface area contributed by atoms with E-state index < -0.39 is 32.5 Å². The molecule has 0 aliphatic rings. The Kier molecular flexibility index (Phi) is 40.0. The molecule has 0 N–H and O–H groups in total. The van der Waals surface area contributed by atoms with Crippen molar-refractivity contribution >= 4 is 19.8 Å². The second-order valence-electron chi connectivity index (χ2n) is 16.8. The van der Waals surface area contributed by atoms with Gasteiger partial charge in [0.15, 0.2) is 6.10 Å². The largest absolute Gasteiger partial charge is 0.756 e. The predicted molar refractivity (Wildman–Crippen MR) is 249 cm³/mol. The zero-order chi connectivity index (χ0) is 44.3. The molecule has 0 aromatic rings. The van der Waals surface area contributed by atoms with E-state index in [2.05, 4.69) is 86.8 Å². The average molecular weight is 862 g/mol. The number of phosphoric acid groups is 1. The molecule has 60 heavy (non-hydrogen) atoms. The van der Waals surface area contributed by atoms with Crippen molar-refractivity contribution in [1.29, 1.82) is 0 Å². The molecule has 0 bridgehead atoms. The van der Waals surface area contributed by atoms with E-state index in [0.717, 1.165) is 77.0 Å². The third-order valence-corrected chi connectivity index (χ3v) is 10.6. The summed E-state index contributed by atoms with van der Waals surface area (Å²) in [6, 6.07) is 0. The van der Waals surface area contributed by atoms with Gasteiger partial charge < -0.3 is 27.9 Å². The molecule has 0 saturated carbocycles. The number of phosphoric ester groups is 1. The van der Waals surface area contributed by atoms with E-state index in [1.807, 2.05) is 21.1 Å². The lowest BCUT2D eigenvalue weighted by Crippen LogP contribution is -2.37.